The van der Waals surface area contributed by atoms with Crippen molar-refractivity contribution >= 4 is 5.82 Å². The molecule has 0 fully saturated rings. The molecule has 5 heteroatoms. The molecule has 1 heterocycles. The fraction of sp³-hybridized carbons (Fsp3) is 0.385. The lowest BCUT2D eigenvalue weighted by Gasteiger charge is -2.20. The Kier molecular flexibility index (Phi) is 2.84. The summed E-state index contributed by atoms with van der Waals surface area (Å²) in [6.07, 6.45) is 0. The van der Waals surface area contributed by atoms with Gasteiger partial charge < -0.3 is 5.73 Å². The second kappa shape index (κ2) is 4.08. The highest BCUT2D eigenvalue weighted by molar-refractivity contribution is 5.45. The van der Waals surface area contributed by atoms with E-state index in [1.54, 1.807) is 17.7 Å². The van der Waals surface area contributed by atoms with E-state index in [1.165, 1.54) is 6.07 Å². The van der Waals surface area contributed by atoms with Crippen LogP contribution in [0, 0.1) is 12.7 Å². The average Bonchev–Trinajstić information content (AvgIpc) is 2.64. The van der Waals surface area contributed by atoms with E-state index >= 15 is 0 Å². The van der Waals surface area contributed by atoms with Crippen LogP contribution in [0.3, 0.4) is 0 Å². The lowest BCUT2D eigenvalue weighted by molar-refractivity contribution is 0.542. The lowest BCUT2D eigenvalue weighted by Crippen LogP contribution is -2.19. The summed E-state index contributed by atoms with van der Waals surface area (Å²) in [5.41, 5.74) is 7.65. The highest BCUT2D eigenvalue weighted by atomic mass is 19.1. The number of anilines is 1. The van der Waals surface area contributed by atoms with Crippen LogP contribution in [0.2, 0.25) is 0 Å². The van der Waals surface area contributed by atoms with E-state index in [0.717, 1.165) is 5.69 Å². The highest BCUT2D eigenvalue weighted by Crippen LogP contribution is 2.28. The van der Waals surface area contributed by atoms with Crippen LogP contribution in [0.5, 0.6) is 0 Å². The van der Waals surface area contributed by atoms with Gasteiger partial charge >= 0.3 is 0 Å². The Hall–Kier alpha value is -1.91. The van der Waals surface area contributed by atoms with Crippen LogP contribution in [0.25, 0.3) is 5.69 Å². The van der Waals surface area contributed by atoms with Crippen molar-refractivity contribution in [3.63, 3.8) is 0 Å². The number of hydrogen-bond acceptors (Lipinski definition) is 3. The van der Waals surface area contributed by atoms with Gasteiger partial charge in [0.2, 0.25) is 0 Å². The predicted molar refractivity (Wildman–Crippen MR) is 69.2 cm³/mol. The molecule has 0 unspecified atom stereocenters. The van der Waals surface area contributed by atoms with E-state index in [1.807, 2.05) is 26.8 Å². The molecule has 0 radical (unpaired) electrons. The zero-order valence-corrected chi connectivity index (χ0v) is 11.0. The Morgan fingerprint density at radius 2 is 1.94 bits per heavy atom. The zero-order chi connectivity index (χ0) is 13.5. The minimum atomic E-state index is -0.263. The van der Waals surface area contributed by atoms with E-state index in [2.05, 4.69) is 10.3 Å². The molecule has 2 aromatic rings. The molecular formula is C13H17FN4. The molecule has 0 atom stereocenters. The standard InChI is InChI=1S/C13H17FN4/c1-8-5-6-9(7-10(8)14)18-11(13(2,3)4)12(15)16-17-18/h5-7H,15H2,1-4H3. The minimum Gasteiger partial charge on any atom is -0.381 e. The summed E-state index contributed by atoms with van der Waals surface area (Å²) in [7, 11) is 0. The van der Waals surface area contributed by atoms with E-state index in [0.29, 0.717) is 17.1 Å². The van der Waals surface area contributed by atoms with Crippen molar-refractivity contribution in [3.8, 4) is 5.69 Å². The number of aryl methyl sites for hydroxylation is 1. The van der Waals surface area contributed by atoms with Gasteiger partial charge in [0, 0.05) is 5.41 Å². The molecule has 1 aromatic heterocycles. The van der Waals surface area contributed by atoms with Gasteiger partial charge in [-0.3, -0.25) is 0 Å². The molecule has 0 bridgehead atoms. The third-order valence-corrected chi connectivity index (χ3v) is 2.81. The van der Waals surface area contributed by atoms with E-state index in [-0.39, 0.29) is 11.2 Å². The molecule has 4 nitrogen and oxygen atoms in total. The first kappa shape index (κ1) is 12.5. The summed E-state index contributed by atoms with van der Waals surface area (Å²) in [6, 6.07) is 4.97. The van der Waals surface area contributed by atoms with Crippen LogP contribution < -0.4 is 5.73 Å². The molecule has 0 amide bonds. The second-order valence-corrected chi connectivity index (χ2v) is 5.42. The first-order chi connectivity index (χ1) is 8.30. The highest BCUT2D eigenvalue weighted by Gasteiger charge is 2.25. The summed E-state index contributed by atoms with van der Waals surface area (Å²) >= 11 is 0. The number of nitrogens with zero attached hydrogens (tertiary/aromatic N) is 3. The van der Waals surface area contributed by atoms with Gasteiger partial charge in [0.15, 0.2) is 5.82 Å². The first-order valence-corrected chi connectivity index (χ1v) is 5.79. The molecule has 2 N–H and O–H groups in total. The quantitative estimate of drug-likeness (QED) is 0.844. The molecule has 0 saturated carbocycles. The van der Waals surface area contributed by atoms with Gasteiger partial charge in [0.05, 0.1) is 11.4 Å². The largest absolute Gasteiger partial charge is 0.381 e. The monoisotopic (exact) mass is 248 g/mol. The van der Waals surface area contributed by atoms with Crippen LogP contribution in [0.15, 0.2) is 18.2 Å². The number of aromatic nitrogens is 3. The van der Waals surface area contributed by atoms with E-state index in [9.17, 15) is 4.39 Å². The van der Waals surface area contributed by atoms with Crippen molar-refractivity contribution < 1.29 is 4.39 Å². The van der Waals surface area contributed by atoms with Crippen molar-refractivity contribution in [3.05, 3.63) is 35.3 Å². The molecule has 2 rings (SSSR count). The molecule has 1 aromatic carbocycles. The third-order valence-electron chi connectivity index (χ3n) is 2.81. The Labute approximate surface area is 106 Å². The Balaban J connectivity index is 2.61. The van der Waals surface area contributed by atoms with Crippen molar-refractivity contribution in [1.82, 2.24) is 15.0 Å². The van der Waals surface area contributed by atoms with Crippen LogP contribution in [0.4, 0.5) is 10.2 Å². The number of hydrogen-bond donors (Lipinski definition) is 1. The fourth-order valence-corrected chi connectivity index (χ4v) is 1.89. The van der Waals surface area contributed by atoms with E-state index in [4.69, 9.17) is 5.73 Å². The zero-order valence-electron chi connectivity index (χ0n) is 11.0. The number of benzene rings is 1. The van der Waals surface area contributed by atoms with Gasteiger partial charge in [0.25, 0.3) is 0 Å². The van der Waals surface area contributed by atoms with Gasteiger partial charge in [-0.25, -0.2) is 9.07 Å². The summed E-state index contributed by atoms with van der Waals surface area (Å²) in [5.74, 6) is 0.116. The van der Waals surface area contributed by atoms with Crippen LogP contribution in [-0.4, -0.2) is 15.0 Å². The number of rotatable bonds is 1. The van der Waals surface area contributed by atoms with Crippen molar-refractivity contribution in [2.75, 3.05) is 5.73 Å². The molecule has 0 aliphatic heterocycles. The predicted octanol–water partition coefficient (Wildman–Crippen LogP) is 2.59. The second-order valence-electron chi connectivity index (χ2n) is 5.42. The number of halogens is 1. The normalized spacial score (nSPS) is 11.8. The van der Waals surface area contributed by atoms with Gasteiger partial charge in [-0.05, 0) is 24.6 Å². The summed E-state index contributed by atoms with van der Waals surface area (Å²) < 4.78 is 15.2. The number of nitrogen functional groups attached to an aromatic ring is 1. The van der Waals surface area contributed by atoms with Gasteiger partial charge in [0.1, 0.15) is 5.82 Å². The summed E-state index contributed by atoms with van der Waals surface area (Å²) in [5, 5.41) is 7.88. The molecule has 0 spiro atoms. The molecule has 0 aliphatic rings. The van der Waals surface area contributed by atoms with E-state index < -0.39 is 0 Å². The maximum atomic E-state index is 13.6. The molecule has 18 heavy (non-hydrogen) atoms. The van der Waals surface area contributed by atoms with Crippen molar-refractivity contribution in [1.29, 1.82) is 0 Å². The fourth-order valence-electron chi connectivity index (χ4n) is 1.89. The van der Waals surface area contributed by atoms with Crippen molar-refractivity contribution in [2.45, 2.75) is 33.1 Å². The van der Waals surface area contributed by atoms with Gasteiger partial charge in [-0.2, -0.15) is 0 Å². The maximum absolute atomic E-state index is 13.6. The van der Waals surface area contributed by atoms with Gasteiger partial charge in [-0.1, -0.05) is 32.1 Å². The average molecular weight is 248 g/mol. The summed E-state index contributed by atoms with van der Waals surface area (Å²) in [4.78, 5) is 0. The third kappa shape index (κ3) is 2.08. The molecule has 0 saturated heterocycles. The SMILES string of the molecule is Cc1ccc(-n2nnc(N)c2C(C)(C)C)cc1F. The Morgan fingerprint density at radius 3 is 2.50 bits per heavy atom. The topological polar surface area (TPSA) is 56.7 Å². The van der Waals surface area contributed by atoms with Crippen LogP contribution in [-0.2, 0) is 5.41 Å². The molecule has 0 aliphatic carbocycles. The minimum absolute atomic E-state index is 0.213. The molecular weight excluding hydrogens is 231 g/mol. The smallest absolute Gasteiger partial charge is 0.170 e. The first-order valence-electron chi connectivity index (χ1n) is 5.79. The summed E-state index contributed by atoms with van der Waals surface area (Å²) in [6.45, 7) is 7.77. The lowest BCUT2D eigenvalue weighted by atomic mass is 9.91. The van der Waals surface area contributed by atoms with Crippen LogP contribution in [0.1, 0.15) is 32.0 Å². The number of nitrogens with two attached hydrogens (primary N) is 1. The van der Waals surface area contributed by atoms with Gasteiger partial charge in [-0.15, -0.1) is 5.10 Å². The van der Waals surface area contributed by atoms with Crippen LogP contribution >= 0.6 is 0 Å². The molecule has 96 valence electrons. The Morgan fingerprint density at radius 1 is 1.28 bits per heavy atom. The maximum Gasteiger partial charge on any atom is 0.170 e. The van der Waals surface area contributed by atoms with Crippen molar-refractivity contribution in [2.24, 2.45) is 0 Å². The Bertz CT molecular complexity index is 581.